The maximum absolute atomic E-state index is 13.2. The Kier molecular flexibility index (Phi) is 7.94. The number of carbonyl (C=O) groups excluding carboxylic acids is 2. The summed E-state index contributed by atoms with van der Waals surface area (Å²) in [5.41, 5.74) is 2.16. The molecule has 1 aliphatic rings. The Hall–Kier alpha value is -3.49. The number of anilines is 2. The normalized spacial score (nSPS) is 14.5. The number of rotatable bonds is 8. The fourth-order valence-electron chi connectivity index (χ4n) is 3.39. The second-order valence-corrected chi connectivity index (χ2v) is 9.48. The van der Waals surface area contributed by atoms with Crippen molar-refractivity contribution in [3.05, 3.63) is 94.6 Å². The molecule has 0 atom stereocenters. The quantitative estimate of drug-likeness (QED) is 0.210. The molecule has 3 aromatic rings. The van der Waals surface area contributed by atoms with Gasteiger partial charge in [0.1, 0.15) is 11.6 Å². The molecule has 178 valence electrons. The Labute approximate surface area is 213 Å². The summed E-state index contributed by atoms with van der Waals surface area (Å²) in [5, 5.41) is 2.72. The molecular weight excluding hydrogens is 483 g/mol. The smallest absolute Gasteiger partial charge is 0.270 e. The zero-order valence-corrected chi connectivity index (χ0v) is 20.6. The largest absolute Gasteiger partial charge is 0.494 e. The standard InChI is InChI=1S/C27H23FN2O3S2/c1-2-3-14-33-23-9-4-6-18(15-23)16-24-26(32)30(27(34)35-24)22-8-5-7-19(17-22)25(31)29-21-12-10-20(28)11-13-21/h4-13,15-17H,2-3,14H2,1H3,(H,29,31)/b24-16+. The van der Waals surface area contributed by atoms with Crippen LogP contribution in [-0.4, -0.2) is 22.7 Å². The number of amides is 2. The number of hydrogen-bond donors (Lipinski definition) is 1. The lowest BCUT2D eigenvalue weighted by Crippen LogP contribution is -2.27. The third-order valence-electron chi connectivity index (χ3n) is 5.18. The zero-order valence-electron chi connectivity index (χ0n) is 19.0. The Morgan fingerprint density at radius 3 is 2.66 bits per heavy atom. The van der Waals surface area contributed by atoms with Crippen LogP contribution in [0.15, 0.2) is 77.7 Å². The highest BCUT2D eigenvalue weighted by molar-refractivity contribution is 8.27. The number of carbonyl (C=O) groups is 2. The molecule has 0 radical (unpaired) electrons. The van der Waals surface area contributed by atoms with Crippen LogP contribution in [0.4, 0.5) is 15.8 Å². The van der Waals surface area contributed by atoms with E-state index in [9.17, 15) is 14.0 Å². The highest BCUT2D eigenvalue weighted by Crippen LogP contribution is 2.36. The van der Waals surface area contributed by atoms with E-state index in [0.29, 0.717) is 32.8 Å². The van der Waals surface area contributed by atoms with E-state index in [2.05, 4.69) is 12.2 Å². The van der Waals surface area contributed by atoms with Gasteiger partial charge in [0, 0.05) is 11.3 Å². The van der Waals surface area contributed by atoms with Crippen LogP contribution >= 0.6 is 24.0 Å². The minimum absolute atomic E-state index is 0.256. The monoisotopic (exact) mass is 506 g/mol. The Balaban J connectivity index is 1.51. The Bertz CT molecular complexity index is 1290. The molecule has 1 aliphatic heterocycles. The Morgan fingerprint density at radius 2 is 1.89 bits per heavy atom. The number of thiocarbonyl (C=S) groups is 1. The average molecular weight is 507 g/mol. The van der Waals surface area contributed by atoms with Crippen molar-refractivity contribution in [1.29, 1.82) is 0 Å². The highest BCUT2D eigenvalue weighted by Gasteiger charge is 2.33. The first kappa shape index (κ1) is 24.6. The molecule has 2 amide bonds. The second-order valence-electron chi connectivity index (χ2n) is 7.80. The molecule has 3 aromatic carbocycles. The summed E-state index contributed by atoms with van der Waals surface area (Å²) in [4.78, 5) is 27.8. The summed E-state index contributed by atoms with van der Waals surface area (Å²) in [7, 11) is 0. The number of ether oxygens (including phenoxy) is 1. The zero-order chi connectivity index (χ0) is 24.8. The van der Waals surface area contributed by atoms with Gasteiger partial charge < -0.3 is 10.1 Å². The van der Waals surface area contributed by atoms with Crippen LogP contribution in [0, 0.1) is 5.82 Å². The van der Waals surface area contributed by atoms with Gasteiger partial charge in [-0.05, 0) is 72.7 Å². The van der Waals surface area contributed by atoms with E-state index in [1.54, 1.807) is 30.3 Å². The predicted octanol–water partition coefficient (Wildman–Crippen LogP) is 6.66. The van der Waals surface area contributed by atoms with Crippen LogP contribution in [0.2, 0.25) is 0 Å². The van der Waals surface area contributed by atoms with Crippen LogP contribution in [0.3, 0.4) is 0 Å². The van der Waals surface area contributed by atoms with E-state index in [1.807, 2.05) is 24.3 Å². The van der Waals surface area contributed by atoms with Crippen LogP contribution in [0.1, 0.15) is 35.7 Å². The minimum atomic E-state index is -0.386. The van der Waals surface area contributed by atoms with Crippen molar-refractivity contribution in [3.8, 4) is 5.75 Å². The van der Waals surface area contributed by atoms with Gasteiger partial charge in [0.25, 0.3) is 11.8 Å². The summed E-state index contributed by atoms with van der Waals surface area (Å²) in [5.74, 6) is -0.265. The third-order valence-corrected chi connectivity index (χ3v) is 6.49. The van der Waals surface area contributed by atoms with E-state index in [0.717, 1.165) is 24.2 Å². The van der Waals surface area contributed by atoms with Crippen molar-refractivity contribution in [2.75, 3.05) is 16.8 Å². The number of thioether (sulfide) groups is 1. The minimum Gasteiger partial charge on any atom is -0.494 e. The molecule has 1 heterocycles. The molecule has 0 saturated carbocycles. The van der Waals surface area contributed by atoms with E-state index in [4.69, 9.17) is 17.0 Å². The number of nitrogens with one attached hydrogen (secondary N) is 1. The van der Waals surface area contributed by atoms with Gasteiger partial charge in [-0.2, -0.15) is 0 Å². The molecule has 35 heavy (non-hydrogen) atoms. The molecule has 0 aliphatic carbocycles. The first-order chi connectivity index (χ1) is 16.9. The number of benzene rings is 3. The molecule has 1 N–H and O–H groups in total. The van der Waals surface area contributed by atoms with Crippen molar-refractivity contribution >= 4 is 57.6 Å². The number of unbranched alkanes of at least 4 members (excludes halogenated alkanes) is 1. The van der Waals surface area contributed by atoms with E-state index >= 15 is 0 Å². The van der Waals surface area contributed by atoms with E-state index in [1.165, 1.54) is 40.9 Å². The summed E-state index contributed by atoms with van der Waals surface area (Å²) >= 11 is 6.69. The molecule has 8 heteroatoms. The van der Waals surface area contributed by atoms with E-state index < -0.39 is 0 Å². The number of hydrogen-bond acceptors (Lipinski definition) is 5. The first-order valence-corrected chi connectivity index (χ1v) is 12.3. The molecule has 1 saturated heterocycles. The van der Waals surface area contributed by atoms with Crippen molar-refractivity contribution < 1.29 is 18.7 Å². The number of halogens is 1. The van der Waals surface area contributed by atoms with Crippen LogP contribution in [0.5, 0.6) is 5.75 Å². The SMILES string of the molecule is CCCCOc1cccc(/C=C2/SC(=S)N(c3cccc(C(=O)Nc4ccc(F)cc4)c3)C2=O)c1. The lowest BCUT2D eigenvalue weighted by molar-refractivity contribution is -0.113. The van der Waals surface area contributed by atoms with Gasteiger partial charge in [-0.1, -0.05) is 55.5 Å². The highest BCUT2D eigenvalue weighted by atomic mass is 32.2. The predicted molar refractivity (Wildman–Crippen MR) is 143 cm³/mol. The van der Waals surface area contributed by atoms with Crippen molar-refractivity contribution in [2.24, 2.45) is 0 Å². The second kappa shape index (κ2) is 11.3. The molecule has 1 fully saturated rings. The van der Waals surface area contributed by atoms with Crippen molar-refractivity contribution in [1.82, 2.24) is 0 Å². The van der Waals surface area contributed by atoms with E-state index in [-0.39, 0.29) is 17.6 Å². The summed E-state index contributed by atoms with van der Waals surface area (Å²) in [6.45, 7) is 2.75. The van der Waals surface area contributed by atoms with Crippen LogP contribution < -0.4 is 15.0 Å². The third kappa shape index (κ3) is 6.15. The van der Waals surface area contributed by atoms with Crippen molar-refractivity contribution in [3.63, 3.8) is 0 Å². The summed E-state index contributed by atoms with van der Waals surface area (Å²) in [6, 6.07) is 19.7. The Morgan fingerprint density at radius 1 is 1.11 bits per heavy atom. The molecule has 0 aromatic heterocycles. The first-order valence-electron chi connectivity index (χ1n) is 11.1. The molecule has 4 rings (SSSR count). The molecule has 0 unspecified atom stereocenters. The van der Waals surface area contributed by atoms with Gasteiger partial charge in [0.2, 0.25) is 0 Å². The van der Waals surface area contributed by atoms with Crippen LogP contribution in [0.25, 0.3) is 6.08 Å². The topological polar surface area (TPSA) is 58.6 Å². The molecule has 0 spiro atoms. The van der Waals surface area contributed by atoms with Crippen molar-refractivity contribution in [2.45, 2.75) is 19.8 Å². The lowest BCUT2D eigenvalue weighted by Gasteiger charge is -2.15. The van der Waals surface area contributed by atoms with Gasteiger partial charge in [0.15, 0.2) is 4.32 Å². The van der Waals surface area contributed by atoms with Gasteiger partial charge in [-0.15, -0.1) is 0 Å². The number of nitrogens with zero attached hydrogens (tertiary/aromatic N) is 1. The van der Waals surface area contributed by atoms with Gasteiger partial charge in [-0.25, -0.2) is 4.39 Å². The molecule has 5 nitrogen and oxygen atoms in total. The van der Waals surface area contributed by atoms with Crippen LogP contribution in [-0.2, 0) is 4.79 Å². The average Bonchev–Trinajstić information content (AvgIpc) is 3.13. The fraction of sp³-hybridized carbons (Fsp3) is 0.148. The fourth-order valence-corrected chi connectivity index (χ4v) is 4.69. The molecule has 0 bridgehead atoms. The van der Waals surface area contributed by atoms with Gasteiger partial charge >= 0.3 is 0 Å². The van der Waals surface area contributed by atoms with Gasteiger partial charge in [-0.3, -0.25) is 14.5 Å². The maximum Gasteiger partial charge on any atom is 0.270 e. The molecular formula is C27H23FN2O3S2. The summed E-state index contributed by atoms with van der Waals surface area (Å²) in [6.07, 6.45) is 3.82. The maximum atomic E-state index is 13.2. The lowest BCUT2D eigenvalue weighted by atomic mass is 10.1. The van der Waals surface area contributed by atoms with Gasteiger partial charge in [0.05, 0.1) is 17.2 Å². The summed E-state index contributed by atoms with van der Waals surface area (Å²) < 4.78 is 19.3.